The number of benzene rings is 1. The van der Waals surface area contributed by atoms with Crippen molar-refractivity contribution in [1.29, 1.82) is 10.5 Å². The van der Waals surface area contributed by atoms with Crippen LogP contribution in [0, 0.1) is 29.6 Å². The highest BCUT2D eigenvalue weighted by Gasteiger charge is 2.51. The van der Waals surface area contributed by atoms with E-state index < -0.39 is 7.12 Å². The second kappa shape index (κ2) is 5.61. The van der Waals surface area contributed by atoms with E-state index in [0.717, 1.165) is 16.6 Å². The number of allylic oxidation sites excluding steroid dienone is 1. The maximum Gasteiger partial charge on any atom is 0.495 e. The smallest absolute Gasteiger partial charge is 0.399 e. The summed E-state index contributed by atoms with van der Waals surface area (Å²) in [5.41, 5.74) is 2.11. The van der Waals surface area contributed by atoms with Gasteiger partial charge in [-0.05, 0) is 51.7 Å². The minimum Gasteiger partial charge on any atom is -0.399 e. The predicted octanol–water partition coefficient (Wildman–Crippen LogP) is 2.72. The minimum absolute atomic E-state index is 0.0859. The molecule has 112 valence electrons. The van der Waals surface area contributed by atoms with Crippen LogP contribution in [0.2, 0.25) is 0 Å². The van der Waals surface area contributed by atoms with E-state index in [-0.39, 0.29) is 16.8 Å². The molecule has 0 saturated carbocycles. The van der Waals surface area contributed by atoms with E-state index in [4.69, 9.17) is 19.8 Å². The average Bonchev–Trinajstić information content (AvgIpc) is 2.64. The van der Waals surface area contributed by atoms with Crippen LogP contribution in [-0.4, -0.2) is 18.3 Å². The standard InChI is InChI=1S/C17H19BN2O2/c1-12-8-13(9-14(10-19)11-20)6-7-15(12)18-21-16(2,3)17(4,5)22-18/h6-9H,1-5H3. The molecule has 0 aliphatic carbocycles. The number of rotatable bonds is 2. The number of aryl methyl sites for hydroxylation is 1. The van der Waals surface area contributed by atoms with E-state index in [1.54, 1.807) is 6.08 Å². The van der Waals surface area contributed by atoms with Gasteiger partial charge in [0.25, 0.3) is 0 Å². The zero-order valence-corrected chi connectivity index (χ0v) is 13.6. The monoisotopic (exact) mass is 294 g/mol. The molecule has 0 N–H and O–H groups in total. The van der Waals surface area contributed by atoms with Crippen LogP contribution >= 0.6 is 0 Å². The first-order valence-corrected chi connectivity index (χ1v) is 7.18. The number of hydrogen-bond acceptors (Lipinski definition) is 4. The molecule has 2 rings (SSSR count). The van der Waals surface area contributed by atoms with Gasteiger partial charge in [0.15, 0.2) is 0 Å². The highest BCUT2D eigenvalue weighted by atomic mass is 16.7. The van der Waals surface area contributed by atoms with E-state index in [9.17, 15) is 0 Å². The summed E-state index contributed by atoms with van der Waals surface area (Å²) < 4.78 is 12.1. The molecule has 1 aliphatic heterocycles. The average molecular weight is 294 g/mol. The van der Waals surface area contributed by atoms with E-state index in [1.165, 1.54) is 0 Å². The van der Waals surface area contributed by atoms with Crippen LogP contribution in [-0.2, 0) is 9.31 Å². The molecular formula is C17H19BN2O2. The highest BCUT2D eigenvalue weighted by molar-refractivity contribution is 6.62. The summed E-state index contributed by atoms with van der Waals surface area (Å²) in [7, 11) is -0.408. The molecule has 0 aromatic heterocycles. The lowest BCUT2D eigenvalue weighted by atomic mass is 9.76. The summed E-state index contributed by atoms with van der Waals surface area (Å²) >= 11 is 0. The Kier molecular flexibility index (Phi) is 4.16. The highest BCUT2D eigenvalue weighted by Crippen LogP contribution is 2.36. The molecule has 0 bridgehead atoms. The molecular weight excluding hydrogens is 275 g/mol. The third kappa shape index (κ3) is 2.92. The zero-order chi connectivity index (χ0) is 16.5. The van der Waals surface area contributed by atoms with E-state index >= 15 is 0 Å². The third-order valence-corrected chi connectivity index (χ3v) is 4.35. The van der Waals surface area contributed by atoms with Crippen LogP contribution in [0.25, 0.3) is 6.08 Å². The maximum atomic E-state index is 8.82. The normalized spacial score (nSPS) is 18.4. The van der Waals surface area contributed by atoms with Crippen molar-refractivity contribution in [1.82, 2.24) is 0 Å². The van der Waals surface area contributed by atoms with Gasteiger partial charge in [-0.3, -0.25) is 0 Å². The minimum atomic E-state index is -0.408. The largest absolute Gasteiger partial charge is 0.495 e. The van der Waals surface area contributed by atoms with Crippen molar-refractivity contribution >= 4 is 18.7 Å². The van der Waals surface area contributed by atoms with Gasteiger partial charge in [-0.15, -0.1) is 0 Å². The molecule has 0 unspecified atom stereocenters. The Bertz CT molecular complexity index is 676. The van der Waals surface area contributed by atoms with Crippen LogP contribution in [0.1, 0.15) is 38.8 Å². The molecule has 0 spiro atoms. The maximum absolute atomic E-state index is 8.82. The van der Waals surface area contributed by atoms with Crippen LogP contribution in [0.15, 0.2) is 23.8 Å². The molecule has 1 aliphatic rings. The lowest BCUT2D eigenvalue weighted by Gasteiger charge is -2.32. The number of hydrogen-bond donors (Lipinski definition) is 0. The van der Waals surface area contributed by atoms with Gasteiger partial charge in [-0.1, -0.05) is 23.8 Å². The first-order chi connectivity index (χ1) is 10.2. The molecule has 4 nitrogen and oxygen atoms in total. The van der Waals surface area contributed by atoms with Crippen molar-refractivity contribution in [3.8, 4) is 12.1 Å². The number of nitriles is 2. The topological polar surface area (TPSA) is 66.0 Å². The van der Waals surface area contributed by atoms with Gasteiger partial charge >= 0.3 is 7.12 Å². The van der Waals surface area contributed by atoms with Gasteiger partial charge in [0.05, 0.1) is 11.2 Å². The van der Waals surface area contributed by atoms with Crippen molar-refractivity contribution in [3.63, 3.8) is 0 Å². The molecule has 1 aromatic rings. The van der Waals surface area contributed by atoms with Gasteiger partial charge in [0.2, 0.25) is 0 Å². The Hall–Kier alpha value is -2.08. The molecule has 5 heteroatoms. The van der Waals surface area contributed by atoms with Crippen molar-refractivity contribution in [2.75, 3.05) is 0 Å². The Morgan fingerprint density at radius 3 is 2.09 bits per heavy atom. The molecule has 22 heavy (non-hydrogen) atoms. The van der Waals surface area contributed by atoms with Gasteiger partial charge in [0, 0.05) is 0 Å². The first-order valence-electron chi connectivity index (χ1n) is 7.18. The van der Waals surface area contributed by atoms with Crippen LogP contribution in [0.3, 0.4) is 0 Å². The van der Waals surface area contributed by atoms with Gasteiger partial charge < -0.3 is 9.31 Å². The van der Waals surface area contributed by atoms with E-state index in [2.05, 4.69) is 0 Å². The fraction of sp³-hybridized carbons (Fsp3) is 0.412. The molecule has 0 atom stereocenters. The van der Waals surface area contributed by atoms with Crippen LogP contribution < -0.4 is 5.46 Å². The lowest BCUT2D eigenvalue weighted by Crippen LogP contribution is -2.41. The summed E-state index contributed by atoms with van der Waals surface area (Å²) in [6, 6.07) is 9.44. The van der Waals surface area contributed by atoms with Crippen molar-refractivity contribution in [2.45, 2.75) is 45.8 Å². The summed E-state index contributed by atoms with van der Waals surface area (Å²) in [5, 5.41) is 17.6. The van der Waals surface area contributed by atoms with Crippen molar-refractivity contribution < 1.29 is 9.31 Å². The van der Waals surface area contributed by atoms with Crippen LogP contribution in [0.4, 0.5) is 0 Å². The molecule has 1 fully saturated rings. The summed E-state index contributed by atoms with van der Waals surface area (Å²) in [4.78, 5) is 0. The summed E-state index contributed by atoms with van der Waals surface area (Å²) in [6.45, 7) is 10.0. The Morgan fingerprint density at radius 1 is 1.09 bits per heavy atom. The second-order valence-electron chi connectivity index (χ2n) is 6.49. The molecule has 1 saturated heterocycles. The second-order valence-corrected chi connectivity index (χ2v) is 6.49. The molecule has 0 amide bonds. The SMILES string of the molecule is Cc1cc(C=C(C#N)C#N)ccc1B1OC(C)(C)C(C)(C)O1. The number of nitrogens with zero attached hydrogens (tertiary/aromatic N) is 2. The molecule has 0 radical (unpaired) electrons. The molecule has 1 heterocycles. The van der Waals surface area contributed by atoms with Gasteiger partial charge in [0.1, 0.15) is 17.7 Å². The predicted molar refractivity (Wildman–Crippen MR) is 86.1 cm³/mol. The van der Waals surface area contributed by atoms with Crippen molar-refractivity contribution in [3.05, 3.63) is 34.9 Å². The van der Waals surface area contributed by atoms with E-state index in [0.29, 0.717) is 0 Å². The molecule has 1 aromatic carbocycles. The van der Waals surface area contributed by atoms with Crippen LogP contribution in [0.5, 0.6) is 0 Å². The summed E-state index contributed by atoms with van der Waals surface area (Å²) in [6.07, 6.45) is 1.57. The summed E-state index contributed by atoms with van der Waals surface area (Å²) in [5.74, 6) is 0. The Balaban J connectivity index is 2.32. The van der Waals surface area contributed by atoms with Crippen molar-refractivity contribution in [2.24, 2.45) is 0 Å². The first kappa shape index (κ1) is 16.3. The Morgan fingerprint density at radius 2 is 1.64 bits per heavy atom. The quantitative estimate of drug-likeness (QED) is 0.621. The third-order valence-electron chi connectivity index (χ3n) is 4.35. The Labute approximate surface area is 132 Å². The zero-order valence-electron chi connectivity index (χ0n) is 13.6. The lowest BCUT2D eigenvalue weighted by molar-refractivity contribution is 0.00578. The van der Waals surface area contributed by atoms with Gasteiger partial charge in [-0.2, -0.15) is 10.5 Å². The fourth-order valence-corrected chi connectivity index (χ4v) is 2.28. The fourth-order valence-electron chi connectivity index (χ4n) is 2.28. The van der Waals surface area contributed by atoms with E-state index in [1.807, 2.05) is 65.0 Å². The van der Waals surface area contributed by atoms with Gasteiger partial charge in [-0.25, -0.2) is 0 Å².